The molecule has 312 valence electrons. The second-order valence-electron chi connectivity index (χ2n) is 14.2. The summed E-state index contributed by atoms with van der Waals surface area (Å²) in [6.07, 6.45) is 21.4. The molecule has 0 heterocycles. The number of rotatable bonds is 30. The predicted octanol–water partition coefficient (Wildman–Crippen LogP) is 7.39. The summed E-state index contributed by atoms with van der Waals surface area (Å²) in [7, 11) is 2.41. The summed E-state index contributed by atoms with van der Waals surface area (Å²) in [5.74, 6) is -3.53. The van der Waals surface area contributed by atoms with Crippen molar-refractivity contribution in [2.45, 2.75) is 184 Å². The van der Waals surface area contributed by atoms with Gasteiger partial charge in [0, 0.05) is 11.9 Å². The van der Waals surface area contributed by atoms with Gasteiger partial charge in [-0.1, -0.05) is 107 Å². The van der Waals surface area contributed by atoms with Crippen molar-refractivity contribution in [3.63, 3.8) is 0 Å². The van der Waals surface area contributed by atoms with E-state index in [4.69, 9.17) is 0 Å². The summed E-state index contributed by atoms with van der Waals surface area (Å²) < 4.78 is 11.2. The van der Waals surface area contributed by atoms with E-state index in [1.54, 1.807) is 0 Å². The number of carboxylic acids is 2. The molecule has 0 radical (unpaired) electrons. The highest BCUT2D eigenvalue weighted by atomic mass is 16.5. The number of methoxy groups -OCH3 is 2. The second-order valence-corrected chi connectivity index (χ2v) is 14.2. The van der Waals surface area contributed by atoms with Crippen molar-refractivity contribution < 1.29 is 47.8 Å². The molecule has 0 atom stereocenters. The SMILES string of the molecule is CCCC[N+](CCCC)(CCCC)CCCC.CCCC[N+](CCCC)(CCCC)CCCC.COC(=O)CCC(=O)[O-].COC(=O)CCC(=O)[O-]. The molecular weight excluding hydrogens is 660 g/mol. The Morgan fingerprint density at radius 3 is 0.654 bits per heavy atom. The number of ether oxygens (including phenoxy) is 2. The van der Waals surface area contributed by atoms with E-state index in [2.05, 4.69) is 64.9 Å². The summed E-state index contributed by atoms with van der Waals surface area (Å²) in [6.45, 7) is 30.0. The van der Waals surface area contributed by atoms with Gasteiger partial charge in [0.25, 0.3) is 0 Å². The number of aliphatic carboxylic acids is 2. The zero-order chi connectivity index (χ0) is 40.5. The maximum atomic E-state index is 10.2. The van der Waals surface area contributed by atoms with Gasteiger partial charge in [0.05, 0.1) is 79.4 Å². The molecule has 0 saturated carbocycles. The number of hydrogen-bond acceptors (Lipinski definition) is 8. The molecule has 0 amide bonds. The summed E-state index contributed by atoms with van der Waals surface area (Å²) in [6, 6.07) is 0. The third kappa shape index (κ3) is 39.0. The van der Waals surface area contributed by atoms with Crippen molar-refractivity contribution in [1.82, 2.24) is 0 Å². The van der Waals surface area contributed by atoms with E-state index in [9.17, 15) is 29.4 Å². The number of nitrogens with zero attached hydrogens (tertiary/aromatic N) is 2. The number of esters is 2. The maximum Gasteiger partial charge on any atom is 0.305 e. The van der Waals surface area contributed by atoms with Crippen LogP contribution in [0.15, 0.2) is 0 Å². The first kappa shape index (κ1) is 56.5. The maximum absolute atomic E-state index is 10.2. The zero-order valence-corrected chi connectivity index (χ0v) is 36.0. The van der Waals surface area contributed by atoms with Crippen LogP contribution in [-0.2, 0) is 28.7 Å². The fourth-order valence-corrected chi connectivity index (χ4v) is 5.90. The molecule has 0 aliphatic carbocycles. The molecule has 0 bridgehead atoms. The average Bonchev–Trinajstić information content (AvgIpc) is 3.15. The summed E-state index contributed by atoms with van der Waals surface area (Å²) in [4.78, 5) is 39.8. The third-order valence-electron chi connectivity index (χ3n) is 9.41. The fourth-order valence-electron chi connectivity index (χ4n) is 5.90. The minimum atomic E-state index is -1.24. The Labute approximate surface area is 321 Å². The van der Waals surface area contributed by atoms with Crippen LogP contribution in [-0.4, -0.2) is 99.4 Å². The van der Waals surface area contributed by atoms with E-state index in [0.29, 0.717) is 0 Å². The van der Waals surface area contributed by atoms with Gasteiger partial charge < -0.3 is 38.2 Å². The van der Waals surface area contributed by atoms with Gasteiger partial charge in [0.1, 0.15) is 0 Å². The fraction of sp³-hybridized carbons (Fsp3) is 0.905. The minimum Gasteiger partial charge on any atom is -0.550 e. The molecule has 0 aromatic carbocycles. The topological polar surface area (TPSA) is 133 Å². The number of carbonyl (C=O) groups is 4. The van der Waals surface area contributed by atoms with Crippen molar-refractivity contribution in [2.24, 2.45) is 0 Å². The van der Waals surface area contributed by atoms with Crippen molar-refractivity contribution >= 4 is 23.9 Å². The molecule has 0 fully saturated rings. The molecule has 0 saturated heterocycles. The van der Waals surface area contributed by atoms with Crippen LogP contribution >= 0.6 is 0 Å². The minimum absolute atomic E-state index is 0.112. The van der Waals surface area contributed by atoms with Crippen LogP contribution in [0, 0.1) is 0 Å². The van der Waals surface area contributed by atoms with Gasteiger partial charge in [-0.25, -0.2) is 0 Å². The molecule has 10 heteroatoms. The van der Waals surface area contributed by atoms with Gasteiger partial charge in [-0.15, -0.1) is 0 Å². The first-order valence-corrected chi connectivity index (χ1v) is 21.1. The monoisotopic (exact) mass is 747 g/mol. The molecule has 10 nitrogen and oxygen atoms in total. The molecule has 0 aliphatic heterocycles. The van der Waals surface area contributed by atoms with E-state index >= 15 is 0 Å². The van der Waals surface area contributed by atoms with Crippen LogP contribution in [0.3, 0.4) is 0 Å². The van der Waals surface area contributed by atoms with Crippen LogP contribution in [0.4, 0.5) is 0 Å². The second kappa shape index (κ2) is 41.6. The molecule has 52 heavy (non-hydrogen) atoms. The van der Waals surface area contributed by atoms with Crippen LogP contribution in [0.5, 0.6) is 0 Å². The Bertz CT molecular complexity index is 681. The van der Waals surface area contributed by atoms with Crippen molar-refractivity contribution in [1.29, 1.82) is 0 Å². The van der Waals surface area contributed by atoms with Crippen LogP contribution in [0.1, 0.15) is 184 Å². The largest absolute Gasteiger partial charge is 0.550 e. The van der Waals surface area contributed by atoms with Gasteiger partial charge in [0.15, 0.2) is 0 Å². The molecular formula is C42H86N2O8. The van der Waals surface area contributed by atoms with Crippen molar-refractivity contribution in [3.05, 3.63) is 0 Å². The van der Waals surface area contributed by atoms with E-state index < -0.39 is 23.9 Å². The van der Waals surface area contributed by atoms with Gasteiger partial charge in [-0.3, -0.25) is 9.59 Å². The number of unbranched alkanes of at least 4 members (excludes halogenated alkanes) is 8. The molecule has 0 rings (SSSR count). The smallest absolute Gasteiger partial charge is 0.305 e. The number of carboxylic acid groups (broad SMARTS) is 2. The molecule has 0 unspecified atom stereocenters. The predicted molar refractivity (Wildman–Crippen MR) is 211 cm³/mol. The quantitative estimate of drug-likeness (QED) is 0.0549. The molecule has 0 spiro atoms. The van der Waals surface area contributed by atoms with Gasteiger partial charge in [-0.05, 0) is 64.2 Å². The summed E-state index contributed by atoms with van der Waals surface area (Å²) >= 11 is 0. The van der Waals surface area contributed by atoms with E-state index in [1.807, 2.05) is 0 Å². The summed E-state index contributed by atoms with van der Waals surface area (Å²) in [5.41, 5.74) is 0. The van der Waals surface area contributed by atoms with Gasteiger partial charge >= 0.3 is 11.9 Å². The molecule has 0 aromatic heterocycles. The van der Waals surface area contributed by atoms with Gasteiger partial charge in [-0.2, -0.15) is 0 Å². The summed E-state index contributed by atoms with van der Waals surface area (Å²) in [5, 5.41) is 19.4. The van der Waals surface area contributed by atoms with Crippen LogP contribution < -0.4 is 10.2 Å². The lowest BCUT2D eigenvalue weighted by atomic mass is 10.1. The first-order chi connectivity index (χ1) is 24.8. The van der Waals surface area contributed by atoms with Crippen LogP contribution in [0.25, 0.3) is 0 Å². The Kier molecular flexibility index (Phi) is 45.2. The lowest BCUT2D eigenvalue weighted by molar-refractivity contribution is -0.929. The van der Waals surface area contributed by atoms with Crippen LogP contribution in [0.2, 0.25) is 0 Å². The molecule has 0 aliphatic rings. The zero-order valence-electron chi connectivity index (χ0n) is 36.0. The van der Waals surface area contributed by atoms with Gasteiger partial charge in [0.2, 0.25) is 0 Å². The van der Waals surface area contributed by atoms with E-state index in [0.717, 1.165) is 0 Å². The molecule has 0 N–H and O–H groups in total. The Hall–Kier alpha value is -2.20. The third-order valence-corrected chi connectivity index (χ3v) is 9.41. The Morgan fingerprint density at radius 1 is 0.365 bits per heavy atom. The van der Waals surface area contributed by atoms with E-state index in [1.165, 1.54) is 178 Å². The lowest BCUT2D eigenvalue weighted by Gasteiger charge is -2.39. The average molecular weight is 747 g/mol. The number of quaternary nitrogens is 2. The number of carbonyl (C=O) groups excluding carboxylic acids is 4. The Morgan fingerprint density at radius 2 is 0.538 bits per heavy atom. The highest BCUT2D eigenvalue weighted by molar-refractivity contribution is 5.75. The first-order valence-electron chi connectivity index (χ1n) is 21.1. The number of hydrogen-bond donors (Lipinski definition) is 0. The van der Waals surface area contributed by atoms with E-state index in [-0.39, 0.29) is 25.7 Å². The standard InChI is InChI=1S/2C16H36N.2C5H8O4/c2*1-5-9-13-17(14-10-6-2,15-11-7-3)16-12-8-4;2*1-9-5(8)3-2-4(6)7/h2*5-16H2,1-4H3;2*2-3H2,1H3,(H,6,7)/q2*+1;;/p-2. The lowest BCUT2D eigenvalue weighted by Crippen LogP contribution is -2.50. The Balaban J connectivity index is -0.000000309. The van der Waals surface area contributed by atoms with Crippen molar-refractivity contribution in [3.8, 4) is 0 Å². The van der Waals surface area contributed by atoms with Crippen molar-refractivity contribution in [2.75, 3.05) is 66.6 Å². The normalized spacial score (nSPS) is 10.8. The highest BCUT2D eigenvalue weighted by Crippen LogP contribution is 2.17. The molecule has 0 aromatic rings. The highest BCUT2D eigenvalue weighted by Gasteiger charge is 2.25.